The Morgan fingerprint density at radius 1 is 1.56 bits per heavy atom. The summed E-state index contributed by atoms with van der Waals surface area (Å²) in [5, 5.41) is 12.5. The zero-order valence-corrected chi connectivity index (χ0v) is 9.50. The Labute approximate surface area is 102 Å². The van der Waals surface area contributed by atoms with Crippen molar-refractivity contribution in [1.82, 2.24) is 14.8 Å². The van der Waals surface area contributed by atoms with Gasteiger partial charge in [-0.05, 0) is 6.07 Å². The average Bonchev–Trinajstić information content (AvgIpc) is 2.68. The third kappa shape index (κ3) is 2.62. The van der Waals surface area contributed by atoms with E-state index in [1.54, 1.807) is 13.1 Å². The molecule has 0 atom stereocenters. The fraction of sp³-hybridized carbons (Fsp3) is 0.182. The summed E-state index contributed by atoms with van der Waals surface area (Å²) in [4.78, 5) is 13.8. The summed E-state index contributed by atoms with van der Waals surface area (Å²) >= 11 is 0. The molecule has 0 saturated heterocycles. The number of carbonyl (C=O) groups is 1. The molecule has 6 nitrogen and oxygen atoms in total. The van der Waals surface area contributed by atoms with Crippen LogP contribution < -0.4 is 4.74 Å². The molecule has 0 saturated carbocycles. The van der Waals surface area contributed by atoms with Crippen LogP contribution in [0.4, 0.5) is 4.39 Å². The Bertz CT molecular complexity index is 583. The number of pyridine rings is 1. The van der Waals surface area contributed by atoms with Gasteiger partial charge in [0.25, 0.3) is 0 Å². The topological polar surface area (TPSA) is 77.2 Å². The summed E-state index contributed by atoms with van der Waals surface area (Å²) in [7, 11) is 1.65. The van der Waals surface area contributed by atoms with Crippen LogP contribution in [0.1, 0.15) is 0 Å². The van der Waals surface area contributed by atoms with E-state index in [-0.39, 0.29) is 5.88 Å². The van der Waals surface area contributed by atoms with Gasteiger partial charge in [0, 0.05) is 30.9 Å². The van der Waals surface area contributed by atoms with Crippen molar-refractivity contribution in [3.05, 3.63) is 30.3 Å². The van der Waals surface area contributed by atoms with Crippen molar-refractivity contribution in [1.29, 1.82) is 0 Å². The molecule has 2 aromatic heterocycles. The quantitative estimate of drug-likeness (QED) is 0.823. The normalized spacial score (nSPS) is 10.3. The number of ether oxygens (including phenoxy) is 1. The largest absolute Gasteiger partial charge is 0.479 e. The van der Waals surface area contributed by atoms with Crippen molar-refractivity contribution in [2.75, 3.05) is 6.61 Å². The number of carboxylic acids is 1. The maximum absolute atomic E-state index is 13.0. The molecule has 18 heavy (non-hydrogen) atoms. The van der Waals surface area contributed by atoms with Gasteiger partial charge < -0.3 is 9.84 Å². The van der Waals surface area contributed by atoms with Gasteiger partial charge in [0.15, 0.2) is 6.61 Å². The second-order valence-corrected chi connectivity index (χ2v) is 3.54. The second kappa shape index (κ2) is 4.82. The molecule has 0 bridgehead atoms. The Morgan fingerprint density at radius 2 is 2.33 bits per heavy atom. The third-order valence-corrected chi connectivity index (χ3v) is 2.22. The summed E-state index contributed by atoms with van der Waals surface area (Å²) < 4.78 is 19.4. The molecule has 2 rings (SSSR count). The van der Waals surface area contributed by atoms with Crippen molar-refractivity contribution in [2.45, 2.75) is 0 Å². The molecule has 2 heterocycles. The van der Waals surface area contributed by atoms with E-state index in [9.17, 15) is 9.18 Å². The van der Waals surface area contributed by atoms with E-state index in [0.717, 1.165) is 0 Å². The van der Waals surface area contributed by atoms with Gasteiger partial charge in [0.1, 0.15) is 0 Å². The van der Waals surface area contributed by atoms with Crippen LogP contribution in [0.15, 0.2) is 24.4 Å². The van der Waals surface area contributed by atoms with Crippen LogP contribution in [-0.2, 0) is 11.8 Å². The van der Waals surface area contributed by atoms with Crippen LogP contribution in [0.2, 0.25) is 0 Å². The summed E-state index contributed by atoms with van der Waals surface area (Å²) in [6.07, 6.45) is 1.34. The highest BCUT2D eigenvalue weighted by Gasteiger charge is 2.10. The molecule has 0 unspecified atom stereocenters. The van der Waals surface area contributed by atoms with Gasteiger partial charge >= 0.3 is 5.97 Å². The van der Waals surface area contributed by atoms with E-state index in [0.29, 0.717) is 11.3 Å². The lowest BCUT2D eigenvalue weighted by atomic mass is 10.2. The molecule has 0 radical (unpaired) electrons. The molecular weight excluding hydrogens is 241 g/mol. The number of hydrogen-bond donors (Lipinski definition) is 1. The van der Waals surface area contributed by atoms with Gasteiger partial charge in [0.05, 0.1) is 5.69 Å². The molecule has 7 heteroatoms. The number of nitrogens with zero attached hydrogens (tertiary/aromatic N) is 3. The summed E-state index contributed by atoms with van der Waals surface area (Å²) in [5.74, 6) is -1.51. The third-order valence-electron chi connectivity index (χ3n) is 2.22. The van der Waals surface area contributed by atoms with Gasteiger partial charge in [0.2, 0.25) is 11.8 Å². The van der Waals surface area contributed by atoms with Crippen LogP contribution in [0.5, 0.6) is 5.88 Å². The number of carboxylic acid groups (broad SMARTS) is 1. The van der Waals surface area contributed by atoms with Crippen molar-refractivity contribution in [2.24, 2.45) is 7.05 Å². The average molecular weight is 251 g/mol. The van der Waals surface area contributed by atoms with E-state index in [2.05, 4.69) is 10.1 Å². The number of hydrogen-bond acceptors (Lipinski definition) is 4. The number of aryl methyl sites for hydroxylation is 1. The van der Waals surface area contributed by atoms with Crippen molar-refractivity contribution in [3.63, 3.8) is 0 Å². The van der Waals surface area contributed by atoms with E-state index in [1.165, 1.54) is 23.0 Å². The summed E-state index contributed by atoms with van der Waals surface area (Å²) in [6.45, 7) is -0.471. The first kappa shape index (κ1) is 12.0. The molecule has 0 fully saturated rings. The zero-order valence-electron chi connectivity index (χ0n) is 9.50. The number of rotatable bonds is 4. The van der Waals surface area contributed by atoms with Gasteiger partial charge in [-0.15, -0.1) is 5.10 Å². The highest BCUT2D eigenvalue weighted by Crippen LogP contribution is 2.22. The Morgan fingerprint density at radius 3 is 3.00 bits per heavy atom. The maximum atomic E-state index is 13.0. The number of halogens is 1. The molecule has 0 aliphatic heterocycles. The van der Waals surface area contributed by atoms with E-state index < -0.39 is 18.5 Å². The van der Waals surface area contributed by atoms with Crippen molar-refractivity contribution >= 4 is 5.97 Å². The first-order valence-electron chi connectivity index (χ1n) is 5.07. The summed E-state index contributed by atoms with van der Waals surface area (Å²) in [5.41, 5.74) is 1.19. The molecule has 0 spiro atoms. The minimum absolute atomic E-state index is 0.173. The molecule has 0 amide bonds. The Hall–Kier alpha value is -2.44. The van der Waals surface area contributed by atoms with Crippen molar-refractivity contribution in [3.8, 4) is 17.1 Å². The maximum Gasteiger partial charge on any atom is 0.341 e. The van der Waals surface area contributed by atoms with Gasteiger partial charge in [-0.1, -0.05) is 0 Å². The predicted molar refractivity (Wildman–Crippen MR) is 59.5 cm³/mol. The van der Waals surface area contributed by atoms with Gasteiger partial charge in [-0.25, -0.2) is 9.78 Å². The Balaban J connectivity index is 2.26. The minimum Gasteiger partial charge on any atom is -0.479 e. The van der Waals surface area contributed by atoms with E-state index in [1.807, 2.05) is 0 Å². The van der Waals surface area contributed by atoms with Crippen LogP contribution >= 0.6 is 0 Å². The molecule has 0 aliphatic rings. The lowest BCUT2D eigenvalue weighted by Crippen LogP contribution is -2.09. The highest BCUT2D eigenvalue weighted by atomic mass is 19.1. The first-order chi connectivity index (χ1) is 8.56. The summed E-state index contributed by atoms with van der Waals surface area (Å²) in [6, 6.07) is 4.43. The standard InChI is InChI=1S/C11H10FN3O3/c1-15-8(7-2-3-13-9(12)4-7)5-10(14-15)18-6-11(16)17/h2-5H,6H2,1H3,(H,16,17). The molecule has 94 valence electrons. The minimum atomic E-state index is -1.09. The fourth-order valence-electron chi connectivity index (χ4n) is 1.48. The van der Waals surface area contributed by atoms with E-state index >= 15 is 0 Å². The smallest absolute Gasteiger partial charge is 0.341 e. The lowest BCUT2D eigenvalue weighted by Gasteiger charge is -1.99. The lowest BCUT2D eigenvalue weighted by molar-refractivity contribution is -0.139. The molecule has 2 aromatic rings. The van der Waals surface area contributed by atoms with Crippen LogP contribution in [0.3, 0.4) is 0 Å². The highest BCUT2D eigenvalue weighted by molar-refractivity contribution is 5.68. The predicted octanol–water partition coefficient (Wildman–Crippen LogP) is 1.08. The zero-order chi connectivity index (χ0) is 13.1. The SMILES string of the molecule is Cn1nc(OCC(=O)O)cc1-c1ccnc(F)c1. The van der Waals surface area contributed by atoms with Gasteiger partial charge in [-0.3, -0.25) is 4.68 Å². The van der Waals surface area contributed by atoms with Crippen LogP contribution in [0, 0.1) is 5.95 Å². The van der Waals surface area contributed by atoms with Crippen molar-refractivity contribution < 1.29 is 19.0 Å². The second-order valence-electron chi connectivity index (χ2n) is 3.54. The first-order valence-corrected chi connectivity index (χ1v) is 5.07. The van der Waals surface area contributed by atoms with Crippen LogP contribution in [0.25, 0.3) is 11.3 Å². The molecule has 0 aliphatic carbocycles. The van der Waals surface area contributed by atoms with Crippen LogP contribution in [-0.4, -0.2) is 32.4 Å². The molecule has 1 N–H and O–H groups in total. The molecule has 0 aromatic carbocycles. The monoisotopic (exact) mass is 251 g/mol. The number of aromatic nitrogens is 3. The Kier molecular flexibility index (Phi) is 3.22. The van der Waals surface area contributed by atoms with E-state index in [4.69, 9.17) is 9.84 Å². The molecular formula is C11H10FN3O3. The van der Waals surface area contributed by atoms with Gasteiger partial charge in [-0.2, -0.15) is 4.39 Å². The number of aliphatic carboxylic acids is 1. The fourth-order valence-corrected chi connectivity index (χ4v) is 1.48.